The third kappa shape index (κ3) is 4.93. The van der Waals surface area contributed by atoms with Gasteiger partial charge in [-0.15, -0.1) is 6.42 Å². The Kier molecular flexibility index (Phi) is 4.60. The van der Waals surface area contributed by atoms with Crippen LogP contribution in [-0.4, -0.2) is 25.8 Å². The highest BCUT2D eigenvalue weighted by Crippen LogP contribution is 2.13. The molecule has 0 unspecified atom stereocenters. The molecule has 0 aliphatic carbocycles. The fourth-order valence-corrected chi connectivity index (χ4v) is 1.43. The molecule has 0 fully saturated rings. The van der Waals surface area contributed by atoms with Crippen molar-refractivity contribution in [1.82, 2.24) is 0 Å². The minimum Gasteiger partial charge on any atom is -0.374 e. The SMILES string of the molecule is C#Cc1ccc(N(C)CCOC(C)(C)C)cc1. The van der Waals surface area contributed by atoms with E-state index in [0.717, 1.165) is 24.4 Å². The molecule has 0 atom stereocenters. The Balaban J connectivity index is 2.47. The molecule has 0 bridgehead atoms. The number of ether oxygens (including phenoxy) is 1. The molecule has 1 aromatic rings. The number of anilines is 1. The lowest BCUT2D eigenvalue weighted by Gasteiger charge is -2.24. The number of hydrogen-bond acceptors (Lipinski definition) is 2. The lowest BCUT2D eigenvalue weighted by Crippen LogP contribution is -2.28. The maximum absolute atomic E-state index is 5.69. The van der Waals surface area contributed by atoms with Gasteiger partial charge in [0.25, 0.3) is 0 Å². The van der Waals surface area contributed by atoms with E-state index in [1.54, 1.807) is 0 Å². The summed E-state index contributed by atoms with van der Waals surface area (Å²) in [5, 5.41) is 0. The summed E-state index contributed by atoms with van der Waals surface area (Å²) < 4.78 is 5.69. The van der Waals surface area contributed by atoms with Crippen LogP contribution in [0.2, 0.25) is 0 Å². The smallest absolute Gasteiger partial charge is 0.0648 e. The zero-order chi connectivity index (χ0) is 12.9. The van der Waals surface area contributed by atoms with Crippen molar-refractivity contribution in [3.8, 4) is 12.3 Å². The molecule has 17 heavy (non-hydrogen) atoms. The Hall–Kier alpha value is -1.46. The molecule has 2 heteroatoms. The van der Waals surface area contributed by atoms with E-state index < -0.39 is 0 Å². The van der Waals surface area contributed by atoms with Crippen LogP contribution in [0.1, 0.15) is 26.3 Å². The highest BCUT2D eigenvalue weighted by Gasteiger charge is 2.10. The van der Waals surface area contributed by atoms with Crippen LogP contribution >= 0.6 is 0 Å². The van der Waals surface area contributed by atoms with Gasteiger partial charge in [-0.1, -0.05) is 5.92 Å². The normalized spacial score (nSPS) is 11.0. The molecule has 0 aromatic heterocycles. The van der Waals surface area contributed by atoms with Crippen LogP contribution in [0, 0.1) is 12.3 Å². The Morgan fingerprint density at radius 3 is 2.29 bits per heavy atom. The van der Waals surface area contributed by atoms with Crippen molar-refractivity contribution in [1.29, 1.82) is 0 Å². The minimum absolute atomic E-state index is 0.0752. The quantitative estimate of drug-likeness (QED) is 0.739. The van der Waals surface area contributed by atoms with Crippen molar-refractivity contribution in [3.63, 3.8) is 0 Å². The van der Waals surface area contributed by atoms with Crippen LogP contribution in [0.25, 0.3) is 0 Å². The first-order chi connectivity index (χ1) is 7.92. The van der Waals surface area contributed by atoms with Gasteiger partial charge < -0.3 is 9.64 Å². The molecule has 0 N–H and O–H groups in total. The summed E-state index contributed by atoms with van der Waals surface area (Å²) in [5.74, 6) is 2.61. The summed E-state index contributed by atoms with van der Waals surface area (Å²) in [4.78, 5) is 2.16. The van der Waals surface area contributed by atoms with Crippen LogP contribution in [0.15, 0.2) is 24.3 Å². The molecule has 1 rings (SSSR count). The molecule has 92 valence electrons. The first-order valence-corrected chi connectivity index (χ1v) is 5.84. The van der Waals surface area contributed by atoms with Crippen LogP contribution in [0.5, 0.6) is 0 Å². The van der Waals surface area contributed by atoms with Crippen molar-refractivity contribution in [2.75, 3.05) is 25.1 Å². The fourth-order valence-electron chi connectivity index (χ4n) is 1.43. The number of terminal acetylenes is 1. The predicted octanol–water partition coefficient (Wildman–Crippen LogP) is 2.92. The molecule has 0 amide bonds. The molecule has 1 aromatic carbocycles. The Bertz CT molecular complexity index is 381. The van der Waals surface area contributed by atoms with Gasteiger partial charge in [0, 0.05) is 24.8 Å². The van der Waals surface area contributed by atoms with Crippen molar-refractivity contribution < 1.29 is 4.74 Å². The van der Waals surface area contributed by atoms with Gasteiger partial charge in [0.2, 0.25) is 0 Å². The molecular weight excluding hydrogens is 210 g/mol. The van der Waals surface area contributed by atoms with Crippen molar-refractivity contribution in [2.45, 2.75) is 26.4 Å². The molecule has 0 heterocycles. The lowest BCUT2D eigenvalue weighted by atomic mass is 10.2. The third-order valence-electron chi connectivity index (χ3n) is 2.44. The number of benzene rings is 1. The first kappa shape index (κ1) is 13.6. The molecular formula is C15H21NO. The van der Waals surface area contributed by atoms with Gasteiger partial charge in [-0.2, -0.15) is 0 Å². The predicted molar refractivity (Wildman–Crippen MR) is 73.4 cm³/mol. The third-order valence-corrected chi connectivity index (χ3v) is 2.44. The van der Waals surface area contributed by atoms with Gasteiger partial charge in [0.05, 0.1) is 12.2 Å². The Morgan fingerprint density at radius 1 is 1.24 bits per heavy atom. The van der Waals surface area contributed by atoms with Crippen LogP contribution < -0.4 is 4.90 Å². The van der Waals surface area contributed by atoms with Gasteiger partial charge in [-0.3, -0.25) is 0 Å². The van der Waals surface area contributed by atoms with E-state index in [1.807, 2.05) is 24.3 Å². The summed E-state index contributed by atoms with van der Waals surface area (Å²) in [6, 6.07) is 7.98. The van der Waals surface area contributed by atoms with Crippen molar-refractivity contribution >= 4 is 5.69 Å². The number of hydrogen-bond donors (Lipinski definition) is 0. The Morgan fingerprint density at radius 2 is 1.82 bits per heavy atom. The van der Waals surface area contributed by atoms with Crippen LogP contribution in [0.4, 0.5) is 5.69 Å². The molecule has 0 saturated heterocycles. The monoisotopic (exact) mass is 231 g/mol. The van der Waals surface area contributed by atoms with E-state index in [9.17, 15) is 0 Å². The molecule has 0 saturated carbocycles. The molecule has 0 radical (unpaired) electrons. The second-order valence-corrected chi connectivity index (χ2v) is 5.07. The van der Waals surface area contributed by atoms with E-state index in [4.69, 9.17) is 11.2 Å². The van der Waals surface area contributed by atoms with E-state index in [0.29, 0.717) is 0 Å². The summed E-state index contributed by atoms with van der Waals surface area (Å²) in [6.45, 7) is 7.78. The van der Waals surface area contributed by atoms with E-state index >= 15 is 0 Å². The average molecular weight is 231 g/mol. The highest BCUT2D eigenvalue weighted by molar-refractivity contribution is 5.49. The molecule has 2 nitrogen and oxygen atoms in total. The maximum atomic E-state index is 5.69. The topological polar surface area (TPSA) is 12.5 Å². The van der Waals surface area contributed by atoms with E-state index in [1.165, 1.54) is 0 Å². The summed E-state index contributed by atoms with van der Waals surface area (Å²) in [5.41, 5.74) is 1.99. The highest BCUT2D eigenvalue weighted by atomic mass is 16.5. The van der Waals surface area contributed by atoms with Gasteiger partial charge in [0.15, 0.2) is 0 Å². The largest absolute Gasteiger partial charge is 0.374 e. The van der Waals surface area contributed by atoms with Crippen LogP contribution in [-0.2, 0) is 4.74 Å². The van der Waals surface area contributed by atoms with Gasteiger partial charge in [-0.05, 0) is 45.0 Å². The zero-order valence-electron chi connectivity index (χ0n) is 11.2. The first-order valence-electron chi connectivity index (χ1n) is 5.84. The van der Waals surface area contributed by atoms with Gasteiger partial charge in [0.1, 0.15) is 0 Å². The fraction of sp³-hybridized carbons (Fsp3) is 0.467. The van der Waals surface area contributed by atoms with E-state index in [2.05, 4.69) is 38.6 Å². The average Bonchev–Trinajstić information content (AvgIpc) is 2.27. The zero-order valence-corrected chi connectivity index (χ0v) is 11.2. The van der Waals surface area contributed by atoms with Gasteiger partial charge in [-0.25, -0.2) is 0 Å². The second-order valence-electron chi connectivity index (χ2n) is 5.07. The minimum atomic E-state index is -0.0752. The number of nitrogens with zero attached hydrogens (tertiary/aromatic N) is 1. The second kappa shape index (κ2) is 5.75. The molecule has 0 aliphatic rings. The maximum Gasteiger partial charge on any atom is 0.0648 e. The number of rotatable bonds is 4. The summed E-state index contributed by atoms with van der Waals surface area (Å²) >= 11 is 0. The van der Waals surface area contributed by atoms with E-state index in [-0.39, 0.29) is 5.60 Å². The summed E-state index contributed by atoms with van der Waals surface area (Å²) in [6.07, 6.45) is 5.32. The standard InChI is InChI=1S/C15H21NO/c1-6-13-7-9-14(10-8-13)16(5)11-12-17-15(2,3)4/h1,7-10H,11-12H2,2-5H3. The van der Waals surface area contributed by atoms with Crippen molar-refractivity contribution in [3.05, 3.63) is 29.8 Å². The van der Waals surface area contributed by atoms with Crippen LogP contribution in [0.3, 0.4) is 0 Å². The Labute approximate surface area is 105 Å². The molecule has 0 spiro atoms. The lowest BCUT2D eigenvalue weighted by molar-refractivity contribution is 0.00168. The molecule has 0 aliphatic heterocycles. The number of likely N-dealkylation sites (N-methyl/N-ethyl adjacent to an activating group) is 1. The summed E-state index contributed by atoms with van der Waals surface area (Å²) in [7, 11) is 2.05. The van der Waals surface area contributed by atoms with Crippen molar-refractivity contribution in [2.24, 2.45) is 0 Å². The van der Waals surface area contributed by atoms with Gasteiger partial charge >= 0.3 is 0 Å².